The lowest BCUT2D eigenvalue weighted by Crippen LogP contribution is -2.44. The lowest BCUT2D eigenvalue weighted by atomic mass is 9.66. The van der Waals surface area contributed by atoms with E-state index in [1.807, 2.05) is 43.3 Å². The molecule has 35 heavy (non-hydrogen) atoms. The zero-order valence-electron chi connectivity index (χ0n) is 20.9. The summed E-state index contributed by atoms with van der Waals surface area (Å²) in [5.41, 5.74) is 1.05. The third kappa shape index (κ3) is 6.75. The van der Waals surface area contributed by atoms with Gasteiger partial charge in [0.25, 0.3) is 0 Å². The summed E-state index contributed by atoms with van der Waals surface area (Å²) in [5.74, 6) is 0.880. The minimum absolute atomic E-state index is 0.0230. The fraction of sp³-hybridized carbons (Fsp3) is 0.621. The Balaban J connectivity index is 1.47. The molecule has 0 bridgehead atoms. The highest BCUT2D eigenvalue weighted by atomic mass is 16.6. The van der Waals surface area contributed by atoms with Gasteiger partial charge in [-0.2, -0.15) is 0 Å². The minimum Gasteiger partial charge on any atom is -0.479 e. The van der Waals surface area contributed by atoms with Crippen LogP contribution in [0.25, 0.3) is 0 Å². The van der Waals surface area contributed by atoms with E-state index in [0.29, 0.717) is 44.0 Å². The van der Waals surface area contributed by atoms with E-state index in [4.69, 9.17) is 14.2 Å². The van der Waals surface area contributed by atoms with Crippen LogP contribution in [-0.4, -0.2) is 53.3 Å². The van der Waals surface area contributed by atoms with Gasteiger partial charge >= 0.3 is 5.97 Å². The normalized spacial score (nSPS) is 33.4. The number of esters is 1. The SMILES string of the molecule is CCCC(Oc1ccccc1)C(=O)O[C@H]1C[C@H](O)C=C2C=C[C@H](C)[C@H](CC[C@@H]3C[C@H](O)CCO3)[C@H]21. The first-order chi connectivity index (χ1) is 16.9. The first-order valence-electron chi connectivity index (χ1n) is 13.2. The zero-order valence-corrected chi connectivity index (χ0v) is 20.9. The number of allylic oxidation sites excluding steroid dienone is 2. The van der Waals surface area contributed by atoms with Crippen molar-refractivity contribution in [1.29, 1.82) is 0 Å². The molecule has 0 spiro atoms. The molecule has 0 radical (unpaired) electrons. The van der Waals surface area contributed by atoms with Gasteiger partial charge in [-0.3, -0.25) is 0 Å². The molecule has 192 valence electrons. The molecule has 3 aliphatic rings. The molecule has 6 nitrogen and oxygen atoms in total. The molecule has 1 fully saturated rings. The van der Waals surface area contributed by atoms with Gasteiger partial charge in [-0.05, 0) is 61.6 Å². The van der Waals surface area contributed by atoms with Crippen LogP contribution in [0, 0.1) is 17.8 Å². The van der Waals surface area contributed by atoms with Gasteiger partial charge in [-0.15, -0.1) is 0 Å². The van der Waals surface area contributed by atoms with E-state index in [0.717, 1.165) is 24.8 Å². The molecule has 0 aromatic heterocycles. The van der Waals surface area contributed by atoms with E-state index < -0.39 is 18.3 Å². The maximum absolute atomic E-state index is 13.3. The zero-order chi connectivity index (χ0) is 24.8. The lowest BCUT2D eigenvalue weighted by Gasteiger charge is -2.43. The van der Waals surface area contributed by atoms with E-state index in [2.05, 4.69) is 19.1 Å². The summed E-state index contributed by atoms with van der Waals surface area (Å²) in [6.07, 6.45) is 9.14. The highest BCUT2D eigenvalue weighted by Gasteiger charge is 2.43. The second kappa shape index (κ2) is 12.2. The standard InChI is InChI=1S/C29H40O6/c1-3-7-26(34-23-8-5-4-6-9-23)29(32)35-27-18-22(31)16-20-11-10-19(2)25(28(20)27)13-12-24-17-21(30)14-15-33-24/h4-6,8-11,16,19,21-22,24-28,30-31H,3,7,12-15,17-18H2,1-2H3/t19-,21+,22+,24+,25-,26?,27-,28-/m0/s1. The van der Waals surface area contributed by atoms with Crippen molar-refractivity contribution < 1.29 is 29.2 Å². The van der Waals surface area contributed by atoms with Crippen LogP contribution in [0.5, 0.6) is 5.75 Å². The summed E-state index contributed by atoms with van der Waals surface area (Å²) < 4.78 is 18.0. The van der Waals surface area contributed by atoms with Gasteiger partial charge in [0.1, 0.15) is 11.9 Å². The number of para-hydroxylation sites is 1. The third-order valence-electron chi connectivity index (χ3n) is 7.64. The Morgan fingerprint density at radius 2 is 1.97 bits per heavy atom. The summed E-state index contributed by atoms with van der Waals surface area (Å²) >= 11 is 0. The smallest absolute Gasteiger partial charge is 0.347 e. The van der Waals surface area contributed by atoms with Crippen LogP contribution in [0.3, 0.4) is 0 Å². The van der Waals surface area contributed by atoms with E-state index in [1.165, 1.54) is 0 Å². The molecule has 2 aliphatic carbocycles. The van der Waals surface area contributed by atoms with Gasteiger partial charge in [-0.1, -0.05) is 56.7 Å². The Bertz CT molecular complexity index is 880. The Morgan fingerprint density at radius 3 is 2.71 bits per heavy atom. The predicted octanol–water partition coefficient (Wildman–Crippen LogP) is 4.60. The van der Waals surface area contributed by atoms with Crippen LogP contribution in [0.15, 0.2) is 54.1 Å². The predicted molar refractivity (Wildman–Crippen MR) is 134 cm³/mol. The van der Waals surface area contributed by atoms with Crippen LogP contribution in [0.2, 0.25) is 0 Å². The number of rotatable bonds is 9. The number of hydrogen-bond acceptors (Lipinski definition) is 6. The van der Waals surface area contributed by atoms with E-state index in [-0.39, 0.29) is 30.0 Å². The van der Waals surface area contributed by atoms with E-state index in [9.17, 15) is 15.0 Å². The van der Waals surface area contributed by atoms with Crippen LogP contribution in [0.4, 0.5) is 0 Å². The van der Waals surface area contributed by atoms with Crippen molar-refractivity contribution in [2.75, 3.05) is 6.61 Å². The fourth-order valence-electron chi connectivity index (χ4n) is 5.80. The summed E-state index contributed by atoms with van der Waals surface area (Å²) in [6.45, 7) is 4.83. The Morgan fingerprint density at radius 1 is 1.17 bits per heavy atom. The number of benzene rings is 1. The number of ether oxygens (including phenoxy) is 3. The van der Waals surface area contributed by atoms with Gasteiger partial charge in [-0.25, -0.2) is 4.79 Å². The summed E-state index contributed by atoms with van der Waals surface area (Å²) in [4.78, 5) is 13.3. The number of hydrogen-bond donors (Lipinski definition) is 2. The molecule has 2 N–H and O–H groups in total. The average molecular weight is 485 g/mol. The second-order valence-corrected chi connectivity index (χ2v) is 10.3. The number of fused-ring (bicyclic) bond motifs is 1. The molecule has 1 saturated heterocycles. The van der Waals surface area contributed by atoms with Crippen LogP contribution in [0.1, 0.15) is 58.8 Å². The molecular formula is C29H40O6. The van der Waals surface area contributed by atoms with Crippen molar-refractivity contribution in [2.45, 2.75) is 89.3 Å². The van der Waals surface area contributed by atoms with Crippen molar-refractivity contribution >= 4 is 5.97 Å². The first kappa shape index (κ1) is 25.9. The summed E-state index contributed by atoms with van der Waals surface area (Å²) in [5, 5.41) is 20.6. The fourth-order valence-corrected chi connectivity index (χ4v) is 5.80. The molecule has 0 amide bonds. The molecule has 1 aromatic rings. The maximum Gasteiger partial charge on any atom is 0.347 e. The quantitative estimate of drug-likeness (QED) is 0.499. The number of carbonyl (C=O) groups is 1. The second-order valence-electron chi connectivity index (χ2n) is 10.3. The summed E-state index contributed by atoms with van der Waals surface area (Å²) in [6, 6.07) is 9.36. The van der Waals surface area contributed by atoms with Crippen molar-refractivity contribution in [2.24, 2.45) is 17.8 Å². The summed E-state index contributed by atoms with van der Waals surface area (Å²) in [7, 11) is 0. The molecule has 6 heteroatoms. The van der Waals surface area contributed by atoms with Crippen molar-refractivity contribution in [3.05, 3.63) is 54.1 Å². The first-order valence-corrected chi connectivity index (χ1v) is 13.2. The van der Waals surface area contributed by atoms with Crippen molar-refractivity contribution in [3.8, 4) is 5.75 Å². The van der Waals surface area contributed by atoms with Gasteiger partial charge in [0, 0.05) is 18.9 Å². The Hall–Kier alpha value is -2.15. The van der Waals surface area contributed by atoms with Crippen LogP contribution < -0.4 is 4.74 Å². The monoisotopic (exact) mass is 484 g/mol. The highest BCUT2D eigenvalue weighted by molar-refractivity contribution is 5.75. The molecular weight excluding hydrogens is 444 g/mol. The molecule has 1 heterocycles. The van der Waals surface area contributed by atoms with Crippen LogP contribution in [-0.2, 0) is 14.3 Å². The molecule has 4 rings (SSSR count). The maximum atomic E-state index is 13.3. The lowest BCUT2D eigenvalue weighted by molar-refractivity contribution is -0.163. The molecule has 1 unspecified atom stereocenters. The Kier molecular flexibility index (Phi) is 9.04. The van der Waals surface area contributed by atoms with Crippen molar-refractivity contribution in [1.82, 2.24) is 0 Å². The molecule has 1 aromatic carbocycles. The van der Waals surface area contributed by atoms with Gasteiger partial charge in [0.15, 0.2) is 6.10 Å². The average Bonchev–Trinajstić information content (AvgIpc) is 2.84. The number of carbonyl (C=O) groups excluding carboxylic acids is 1. The number of aliphatic hydroxyl groups excluding tert-OH is 2. The topological polar surface area (TPSA) is 85.2 Å². The van der Waals surface area contributed by atoms with Gasteiger partial charge in [0.2, 0.25) is 0 Å². The molecule has 1 aliphatic heterocycles. The van der Waals surface area contributed by atoms with Gasteiger partial charge < -0.3 is 24.4 Å². The number of aliphatic hydroxyl groups is 2. The largest absolute Gasteiger partial charge is 0.479 e. The Labute approximate surface area is 209 Å². The van der Waals surface area contributed by atoms with E-state index in [1.54, 1.807) is 0 Å². The van der Waals surface area contributed by atoms with E-state index >= 15 is 0 Å². The highest BCUT2D eigenvalue weighted by Crippen LogP contribution is 2.44. The molecule has 0 saturated carbocycles. The third-order valence-corrected chi connectivity index (χ3v) is 7.64. The van der Waals surface area contributed by atoms with Crippen molar-refractivity contribution in [3.63, 3.8) is 0 Å². The molecule has 8 atom stereocenters. The minimum atomic E-state index is -0.680. The van der Waals surface area contributed by atoms with Gasteiger partial charge in [0.05, 0.1) is 18.3 Å². The van der Waals surface area contributed by atoms with Crippen LogP contribution >= 0.6 is 0 Å².